The number of thiophene rings is 1. The molecule has 1 heterocycles. The van der Waals surface area contributed by atoms with Gasteiger partial charge in [-0.3, -0.25) is 0 Å². The summed E-state index contributed by atoms with van der Waals surface area (Å²) in [6.45, 7) is 2.36. The van der Waals surface area contributed by atoms with Crippen molar-refractivity contribution in [3.05, 3.63) is 22.4 Å². The Morgan fingerprint density at radius 2 is 2.24 bits per heavy atom. The largest absolute Gasteiger partial charge is 0.316 e. The van der Waals surface area contributed by atoms with Gasteiger partial charge in [0.2, 0.25) is 0 Å². The smallest absolute Gasteiger partial charge is 0.0143 e. The highest BCUT2D eigenvalue weighted by Crippen LogP contribution is 2.35. The Balaban J connectivity index is 2.00. The molecular weight excluding hydrogens is 226 g/mol. The number of likely N-dealkylation sites (N-methyl/N-ethyl adjacent to an activating group) is 1. The second-order valence-corrected chi connectivity index (χ2v) is 6.33. The molecule has 1 aromatic heterocycles. The first-order valence-corrected chi connectivity index (χ1v) is 7.92. The van der Waals surface area contributed by atoms with Crippen LogP contribution in [-0.2, 0) is 6.42 Å². The molecule has 0 saturated heterocycles. The van der Waals surface area contributed by atoms with Crippen LogP contribution in [0.25, 0.3) is 0 Å². The van der Waals surface area contributed by atoms with Gasteiger partial charge in [0.25, 0.3) is 0 Å². The molecule has 0 radical (unpaired) electrons. The van der Waals surface area contributed by atoms with E-state index in [0.717, 1.165) is 11.8 Å². The summed E-state index contributed by atoms with van der Waals surface area (Å²) < 4.78 is 0. The van der Waals surface area contributed by atoms with E-state index in [-0.39, 0.29) is 0 Å². The van der Waals surface area contributed by atoms with Gasteiger partial charge in [0.1, 0.15) is 0 Å². The zero-order valence-electron chi connectivity index (χ0n) is 11.1. The third-order valence-corrected chi connectivity index (χ3v) is 5.28. The van der Waals surface area contributed by atoms with E-state index in [0.29, 0.717) is 6.04 Å². The topological polar surface area (TPSA) is 12.0 Å². The van der Waals surface area contributed by atoms with Crippen molar-refractivity contribution in [2.75, 3.05) is 7.05 Å². The molecule has 0 amide bonds. The van der Waals surface area contributed by atoms with Crippen LogP contribution in [0.2, 0.25) is 0 Å². The van der Waals surface area contributed by atoms with Crippen LogP contribution < -0.4 is 5.32 Å². The highest BCUT2D eigenvalue weighted by atomic mass is 32.1. The summed E-state index contributed by atoms with van der Waals surface area (Å²) in [6.07, 6.45) is 8.33. The molecule has 2 rings (SSSR count). The predicted octanol–water partition coefficient (Wildman–Crippen LogP) is 4.10. The van der Waals surface area contributed by atoms with Gasteiger partial charge in [0.15, 0.2) is 0 Å². The zero-order valence-corrected chi connectivity index (χ0v) is 11.9. The van der Waals surface area contributed by atoms with Crippen LogP contribution in [0.3, 0.4) is 0 Å². The minimum atomic E-state index is 0.680. The van der Waals surface area contributed by atoms with Crippen LogP contribution in [0, 0.1) is 11.8 Å². The first-order chi connectivity index (χ1) is 8.35. The van der Waals surface area contributed by atoms with E-state index in [1.807, 2.05) is 11.3 Å². The van der Waals surface area contributed by atoms with Crippen molar-refractivity contribution >= 4 is 11.3 Å². The summed E-state index contributed by atoms with van der Waals surface area (Å²) in [4.78, 5) is 1.53. The lowest BCUT2D eigenvalue weighted by atomic mass is 9.73. The Morgan fingerprint density at radius 1 is 1.41 bits per heavy atom. The van der Waals surface area contributed by atoms with Crippen LogP contribution in [0.5, 0.6) is 0 Å². The molecule has 1 aliphatic carbocycles. The van der Waals surface area contributed by atoms with Crippen molar-refractivity contribution < 1.29 is 0 Å². The van der Waals surface area contributed by atoms with Gasteiger partial charge in [-0.1, -0.05) is 38.7 Å². The average molecular weight is 251 g/mol. The molecule has 0 spiro atoms. The highest BCUT2D eigenvalue weighted by molar-refractivity contribution is 7.09. The molecular formula is C15H25NS. The van der Waals surface area contributed by atoms with Gasteiger partial charge in [-0.15, -0.1) is 11.3 Å². The fourth-order valence-corrected chi connectivity index (χ4v) is 4.15. The van der Waals surface area contributed by atoms with E-state index in [1.54, 1.807) is 0 Å². The summed E-state index contributed by atoms with van der Waals surface area (Å²) in [7, 11) is 2.14. The maximum absolute atomic E-state index is 3.58. The normalized spacial score (nSPS) is 26.9. The standard InChI is InChI=1S/C15H25NS/c1-3-12-7-4-5-9-14(12)15(16-2)11-13-8-6-10-17-13/h6,8,10,12,14-16H,3-5,7,9,11H2,1-2H3. The van der Waals surface area contributed by atoms with Crippen molar-refractivity contribution in [2.45, 2.75) is 51.5 Å². The summed E-state index contributed by atoms with van der Waals surface area (Å²) >= 11 is 1.90. The lowest BCUT2D eigenvalue weighted by Crippen LogP contribution is -2.40. The van der Waals surface area contributed by atoms with E-state index in [1.165, 1.54) is 43.4 Å². The SMILES string of the molecule is CCC1CCCCC1C(Cc1cccs1)NC. The summed E-state index contributed by atoms with van der Waals surface area (Å²) in [5, 5.41) is 5.78. The first kappa shape index (κ1) is 13.1. The average Bonchev–Trinajstić information content (AvgIpc) is 2.89. The minimum Gasteiger partial charge on any atom is -0.316 e. The third kappa shape index (κ3) is 3.32. The Bertz CT molecular complexity index is 307. The van der Waals surface area contributed by atoms with Gasteiger partial charge in [-0.2, -0.15) is 0 Å². The molecule has 96 valence electrons. The fourth-order valence-electron chi connectivity index (χ4n) is 3.39. The van der Waals surface area contributed by atoms with Gasteiger partial charge in [-0.25, -0.2) is 0 Å². The molecule has 2 heteroatoms. The second-order valence-electron chi connectivity index (χ2n) is 5.30. The molecule has 1 aromatic rings. The fraction of sp³-hybridized carbons (Fsp3) is 0.733. The Labute approximate surface area is 110 Å². The van der Waals surface area contributed by atoms with Gasteiger partial charge >= 0.3 is 0 Å². The van der Waals surface area contributed by atoms with Crippen LogP contribution >= 0.6 is 11.3 Å². The van der Waals surface area contributed by atoms with Crippen molar-refractivity contribution in [2.24, 2.45) is 11.8 Å². The van der Waals surface area contributed by atoms with Crippen molar-refractivity contribution in [3.63, 3.8) is 0 Å². The molecule has 3 unspecified atom stereocenters. The van der Waals surface area contributed by atoms with E-state index in [4.69, 9.17) is 0 Å². The first-order valence-electron chi connectivity index (χ1n) is 7.04. The Morgan fingerprint density at radius 3 is 2.88 bits per heavy atom. The molecule has 0 aromatic carbocycles. The van der Waals surface area contributed by atoms with Crippen molar-refractivity contribution in [3.8, 4) is 0 Å². The Kier molecular flexibility index (Phi) is 5.05. The third-order valence-electron chi connectivity index (χ3n) is 4.38. The van der Waals surface area contributed by atoms with Gasteiger partial charge in [0.05, 0.1) is 0 Å². The van der Waals surface area contributed by atoms with E-state index >= 15 is 0 Å². The van der Waals surface area contributed by atoms with Gasteiger partial charge in [-0.05, 0) is 43.2 Å². The molecule has 0 bridgehead atoms. The minimum absolute atomic E-state index is 0.680. The lowest BCUT2D eigenvalue weighted by Gasteiger charge is -2.36. The molecule has 1 fully saturated rings. The Hall–Kier alpha value is -0.340. The maximum Gasteiger partial charge on any atom is 0.0143 e. The summed E-state index contributed by atoms with van der Waals surface area (Å²) in [5.41, 5.74) is 0. The van der Waals surface area contributed by atoms with Crippen LogP contribution in [0.4, 0.5) is 0 Å². The lowest BCUT2D eigenvalue weighted by molar-refractivity contribution is 0.179. The molecule has 1 saturated carbocycles. The monoisotopic (exact) mass is 251 g/mol. The molecule has 1 aliphatic rings. The molecule has 17 heavy (non-hydrogen) atoms. The number of rotatable bonds is 5. The van der Waals surface area contributed by atoms with Crippen LogP contribution in [0.1, 0.15) is 43.9 Å². The van der Waals surface area contributed by atoms with Gasteiger partial charge < -0.3 is 5.32 Å². The summed E-state index contributed by atoms with van der Waals surface area (Å²) in [6, 6.07) is 5.13. The quantitative estimate of drug-likeness (QED) is 0.831. The van der Waals surface area contributed by atoms with E-state index < -0.39 is 0 Å². The molecule has 3 atom stereocenters. The predicted molar refractivity (Wildman–Crippen MR) is 76.6 cm³/mol. The molecule has 1 nitrogen and oxygen atoms in total. The van der Waals surface area contributed by atoms with E-state index in [9.17, 15) is 0 Å². The number of nitrogens with one attached hydrogen (secondary N) is 1. The maximum atomic E-state index is 3.58. The zero-order chi connectivity index (χ0) is 12.1. The second kappa shape index (κ2) is 6.55. The highest BCUT2D eigenvalue weighted by Gasteiger charge is 2.29. The van der Waals surface area contributed by atoms with Gasteiger partial charge in [0, 0.05) is 10.9 Å². The van der Waals surface area contributed by atoms with Crippen LogP contribution in [0.15, 0.2) is 17.5 Å². The van der Waals surface area contributed by atoms with Crippen molar-refractivity contribution in [1.82, 2.24) is 5.32 Å². The van der Waals surface area contributed by atoms with E-state index in [2.05, 4.69) is 36.8 Å². The number of hydrogen-bond donors (Lipinski definition) is 1. The summed E-state index contributed by atoms with van der Waals surface area (Å²) in [5.74, 6) is 1.84. The molecule has 0 aliphatic heterocycles. The number of hydrogen-bond acceptors (Lipinski definition) is 2. The van der Waals surface area contributed by atoms with Crippen molar-refractivity contribution in [1.29, 1.82) is 0 Å². The molecule has 1 N–H and O–H groups in total. The van der Waals surface area contributed by atoms with Crippen LogP contribution in [-0.4, -0.2) is 13.1 Å².